The molecule has 5 heteroatoms. The number of thiazole rings is 1. The summed E-state index contributed by atoms with van der Waals surface area (Å²) in [7, 11) is 3.25. The van der Waals surface area contributed by atoms with Crippen LogP contribution in [0.5, 0.6) is 11.5 Å². The summed E-state index contributed by atoms with van der Waals surface area (Å²) in [6, 6.07) is 11.5. The van der Waals surface area contributed by atoms with Crippen molar-refractivity contribution in [3.05, 3.63) is 36.4 Å². The number of hydrogen-bond donors (Lipinski definition) is 1. The van der Waals surface area contributed by atoms with Gasteiger partial charge in [0, 0.05) is 23.4 Å². The molecular formula is C15H14N2O2S. The first kappa shape index (κ1) is 12.7. The summed E-state index contributed by atoms with van der Waals surface area (Å²) in [5.41, 5.74) is 8.41. The third-order valence-electron chi connectivity index (χ3n) is 3.05. The number of nitrogens with zero attached hydrogens (tertiary/aromatic N) is 1. The van der Waals surface area contributed by atoms with Crippen LogP contribution in [0.15, 0.2) is 36.4 Å². The summed E-state index contributed by atoms with van der Waals surface area (Å²) in [5, 5.41) is 0.954. The van der Waals surface area contributed by atoms with E-state index < -0.39 is 0 Å². The third-order valence-corrected chi connectivity index (χ3v) is 4.12. The molecular weight excluding hydrogens is 272 g/mol. The lowest BCUT2D eigenvalue weighted by atomic mass is 10.2. The van der Waals surface area contributed by atoms with E-state index in [2.05, 4.69) is 4.98 Å². The van der Waals surface area contributed by atoms with Gasteiger partial charge in [-0.3, -0.25) is 0 Å². The van der Waals surface area contributed by atoms with E-state index in [0.29, 0.717) is 11.5 Å². The summed E-state index contributed by atoms with van der Waals surface area (Å²) in [6.07, 6.45) is 0. The molecule has 0 aliphatic rings. The van der Waals surface area contributed by atoms with Gasteiger partial charge in [0.2, 0.25) is 0 Å². The number of ether oxygens (including phenoxy) is 2. The van der Waals surface area contributed by atoms with Crippen molar-refractivity contribution in [1.29, 1.82) is 0 Å². The van der Waals surface area contributed by atoms with Crippen molar-refractivity contribution in [2.45, 2.75) is 0 Å². The minimum absolute atomic E-state index is 0.689. The van der Waals surface area contributed by atoms with Crippen LogP contribution in [0.1, 0.15) is 0 Å². The van der Waals surface area contributed by atoms with E-state index in [1.165, 1.54) is 0 Å². The maximum absolute atomic E-state index is 5.71. The highest BCUT2D eigenvalue weighted by Gasteiger charge is 2.11. The molecule has 4 nitrogen and oxygen atoms in total. The maximum Gasteiger partial charge on any atom is 0.162 e. The van der Waals surface area contributed by atoms with E-state index in [9.17, 15) is 0 Å². The number of fused-ring (bicyclic) bond motifs is 1. The second-order valence-electron chi connectivity index (χ2n) is 4.32. The number of hydrogen-bond acceptors (Lipinski definition) is 5. The van der Waals surface area contributed by atoms with E-state index in [1.54, 1.807) is 25.6 Å². The average Bonchev–Trinajstić information content (AvgIpc) is 2.89. The van der Waals surface area contributed by atoms with E-state index in [1.807, 2.05) is 36.4 Å². The van der Waals surface area contributed by atoms with E-state index in [4.69, 9.17) is 15.2 Å². The number of nitrogens with two attached hydrogens (primary N) is 1. The fourth-order valence-electron chi connectivity index (χ4n) is 2.00. The average molecular weight is 286 g/mol. The van der Waals surface area contributed by atoms with Crippen molar-refractivity contribution in [2.24, 2.45) is 0 Å². The summed E-state index contributed by atoms with van der Waals surface area (Å²) in [4.78, 5) is 4.64. The van der Waals surface area contributed by atoms with Crippen molar-refractivity contribution in [2.75, 3.05) is 20.0 Å². The van der Waals surface area contributed by atoms with Gasteiger partial charge >= 0.3 is 0 Å². The number of methoxy groups -OCH3 is 2. The van der Waals surface area contributed by atoms with Crippen LogP contribution in [0, 0.1) is 0 Å². The molecule has 0 bridgehead atoms. The Morgan fingerprint density at radius 3 is 2.30 bits per heavy atom. The van der Waals surface area contributed by atoms with Crippen molar-refractivity contribution < 1.29 is 9.47 Å². The van der Waals surface area contributed by atoms with Crippen LogP contribution >= 0.6 is 11.3 Å². The van der Waals surface area contributed by atoms with Crippen LogP contribution < -0.4 is 15.2 Å². The Hall–Kier alpha value is -2.27. The van der Waals surface area contributed by atoms with Crippen molar-refractivity contribution in [1.82, 2.24) is 4.98 Å². The second kappa shape index (κ2) is 5.02. The van der Waals surface area contributed by atoms with Crippen LogP contribution in [0.25, 0.3) is 20.8 Å². The van der Waals surface area contributed by atoms with E-state index in [-0.39, 0.29) is 0 Å². The summed E-state index contributed by atoms with van der Waals surface area (Å²) in [5.74, 6) is 1.40. The lowest BCUT2D eigenvalue weighted by Gasteiger charge is -2.05. The topological polar surface area (TPSA) is 57.4 Å². The molecule has 3 rings (SSSR count). The monoisotopic (exact) mass is 286 g/mol. The third kappa shape index (κ3) is 2.16. The van der Waals surface area contributed by atoms with Crippen LogP contribution in [0.3, 0.4) is 0 Å². The van der Waals surface area contributed by atoms with Crippen LogP contribution in [-0.4, -0.2) is 19.2 Å². The number of anilines is 1. The summed E-state index contributed by atoms with van der Waals surface area (Å²) >= 11 is 1.62. The van der Waals surface area contributed by atoms with Gasteiger partial charge in [-0.25, -0.2) is 4.98 Å². The van der Waals surface area contributed by atoms with Crippen molar-refractivity contribution >= 4 is 27.2 Å². The van der Waals surface area contributed by atoms with Crippen LogP contribution in [0.2, 0.25) is 0 Å². The highest BCUT2D eigenvalue weighted by atomic mass is 32.1. The molecule has 2 aromatic carbocycles. The Kier molecular flexibility index (Phi) is 3.20. The molecule has 0 atom stereocenters. The van der Waals surface area contributed by atoms with Gasteiger partial charge in [0.25, 0.3) is 0 Å². The van der Waals surface area contributed by atoms with Gasteiger partial charge in [-0.15, -0.1) is 11.3 Å². The van der Waals surface area contributed by atoms with Gasteiger partial charge in [-0.2, -0.15) is 0 Å². The molecule has 2 N–H and O–H groups in total. The highest BCUT2D eigenvalue weighted by Crippen LogP contribution is 2.37. The Labute approximate surface area is 120 Å². The van der Waals surface area contributed by atoms with Crippen LogP contribution in [0.4, 0.5) is 5.69 Å². The van der Waals surface area contributed by atoms with Gasteiger partial charge in [0.05, 0.1) is 24.4 Å². The molecule has 3 aromatic rings. The summed E-state index contributed by atoms with van der Waals surface area (Å²) in [6.45, 7) is 0. The standard InChI is InChI=1S/C15H14N2O2S/c1-18-12-7-11-14(8-13(12)19-2)20-15(17-11)9-3-5-10(16)6-4-9/h3-8H,16H2,1-2H3. The molecule has 0 saturated heterocycles. The zero-order chi connectivity index (χ0) is 14.1. The Bertz CT molecular complexity index is 709. The minimum Gasteiger partial charge on any atom is -0.493 e. The summed E-state index contributed by atoms with van der Waals surface area (Å²) < 4.78 is 11.7. The van der Waals surface area contributed by atoms with Gasteiger partial charge in [-0.1, -0.05) is 0 Å². The first-order valence-electron chi connectivity index (χ1n) is 6.09. The molecule has 0 saturated carbocycles. The molecule has 0 fully saturated rings. The first-order valence-corrected chi connectivity index (χ1v) is 6.91. The SMILES string of the molecule is COc1cc2nc(-c3ccc(N)cc3)sc2cc1OC. The predicted molar refractivity (Wildman–Crippen MR) is 82.6 cm³/mol. The largest absolute Gasteiger partial charge is 0.493 e. The second-order valence-corrected chi connectivity index (χ2v) is 5.35. The molecule has 0 aliphatic heterocycles. The Morgan fingerprint density at radius 1 is 1.00 bits per heavy atom. The van der Waals surface area contributed by atoms with E-state index in [0.717, 1.165) is 26.5 Å². The lowest BCUT2D eigenvalue weighted by molar-refractivity contribution is 0.356. The predicted octanol–water partition coefficient (Wildman–Crippen LogP) is 3.56. The quantitative estimate of drug-likeness (QED) is 0.748. The Morgan fingerprint density at radius 2 is 1.65 bits per heavy atom. The molecule has 1 heterocycles. The van der Waals surface area contributed by atoms with E-state index >= 15 is 0 Å². The maximum atomic E-state index is 5.71. The zero-order valence-electron chi connectivity index (χ0n) is 11.2. The molecule has 102 valence electrons. The fraction of sp³-hybridized carbons (Fsp3) is 0.133. The normalized spacial score (nSPS) is 10.7. The Balaban J connectivity index is 2.12. The molecule has 1 aromatic heterocycles. The van der Waals surface area contributed by atoms with Crippen molar-refractivity contribution in [3.8, 4) is 22.1 Å². The van der Waals surface area contributed by atoms with Crippen LogP contribution in [-0.2, 0) is 0 Å². The zero-order valence-corrected chi connectivity index (χ0v) is 12.0. The number of rotatable bonds is 3. The molecule has 0 amide bonds. The molecule has 0 unspecified atom stereocenters. The first-order chi connectivity index (χ1) is 9.71. The van der Waals surface area contributed by atoms with Gasteiger partial charge in [0.1, 0.15) is 5.01 Å². The minimum atomic E-state index is 0.689. The van der Waals surface area contributed by atoms with Gasteiger partial charge in [-0.05, 0) is 24.3 Å². The molecule has 0 aliphatic carbocycles. The van der Waals surface area contributed by atoms with Gasteiger partial charge < -0.3 is 15.2 Å². The molecule has 0 spiro atoms. The molecule has 0 radical (unpaired) electrons. The van der Waals surface area contributed by atoms with Gasteiger partial charge in [0.15, 0.2) is 11.5 Å². The number of nitrogen functional groups attached to an aromatic ring is 1. The molecule has 20 heavy (non-hydrogen) atoms. The lowest BCUT2D eigenvalue weighted by Crippen LogP contribution is -1.89. The number of aromatic nitrogens is 1. The highest BCUT2D eigenvalue weighted by molar-refractivity contribution is 7.21. The number of benzene rings is 2. The fourth-order valence-corrected chi connectivity index (χ4v) is 2.99. The smallest absolute Gasteiger partial charge is 0.162 e. The van der Waals surface area contributed by atoms with Crippen molar-refractivity contribution in [3.63, 3.8) is 0 Å².